The minimum atomic E-state index is -0.682. The van der Waals surface area contributed by atoms with Crippen molar-refractivity contribution in [1.29, 1.82) is 0 Å². The Balaban J connectivity index is 1.84. The van der Waals surface area contributed by atoms with Crippen LogP contribution in [-0.4, -0.2) is 26.7 Å². The highest BCUT2D eigenvalue weighted by atomic mass is 35.5. The molecule has 0 spiro atoms. The summed E-state index contributed by atoms with van der Waals surface area (Å²) >= 11 is 14.4. The number of alkyl halides is 2. The van der Waals surface area contributed by atoms with E-state index in [1.54, 1.807) is 12.2 Å². The van der Waals surface area contributed by atoms with Gasteiger partial charge in [0.15, 0.2) is 5.78 Å². The van der Waals surface area contributed by atoms with Crippen molar-refractivity contribution in [3.63, 3.8) is 0 Å². The Hall–Kier alpha value is -0.310. The number of carbonyl (C=O) groups is 1. The zero-order valence-corrected chi connectivity index (χ0v) is 16.1. The molecule has 0 amide bonds. The molecule has 0 unspecified atom stereocenters. The number of aliphatic hydroxyl groups is 1. The van der Waals surface area contributed by atoms with Crippen LogP contribution in [0.4, 0.5) is 0 Å². The van der Waals surface area contributed by atoms with Crippen molar-refractivity contribution >= 4 is 29.0 Å². The van der Waals surface area contributed by atoms with Gasteiger partial charge in [0, 0.05) is 10.8 Å². The van der Waals surface area contributed by atoms with Gasteiger partial charge in [0.25, 0.3) is 0 Å². The summed E-state index contributed by atoms with van der Waals surface area (Å²) in [6, 6.07) is 0. The van der Waals surface area contributed by atoms with Gasteiger partial charge in [0.2, 0.25) is 0 Å². The second kappa shape index (κ2) is 4.90. The van der Waals surface area contributed by atoms with Crippen LogP contribution in [0, 0.1) is 22.7 Å². The van der Waals surface area contributed by atoms with Crippen LogP contribution in [0.25, 0.3) is 0 Å². The third-order valence-corrected chi connectivity index (χ3v) is 9.71. The third kappa shape index (κ3) is 1.81. The molecule has 24 heavy (non-hydrogen) atoms. The lowest BCUT2D eigenvalue weighted by molar-refractivity contribution is -0.111. The summed E-state index contributed by atoms with van der Waals surface area (Å²) in [6.45, 7) is 6.31. The molecule has 0 aliphatic heterocycles. The number of fused-ring (bicyclic) bond motifs is 5. The van der Waals surface area contributed by atoms with Gasteiger partial charge in [-0.05, 0) is 63.0 Å². The molecule has 3 fully saturated rings. The second-order valence-electron chi connectivity index (χ2n) is 9.03. The van der Waals surface area contributed by atoms with Crippen molar-refractivity contribution in [2.24, 2.45) is 22.7 Å². The highest BCUT2D eigenvalue weighted by Gasteiger charge is 2.70. The van der Waals surface area contributed by atoms with Gasteiger partial charge < -0.3 is 5.11 Å². The molecule has 4 rings (SSSR count). The Kier molecular flexibility index (Phi) is 3.49. The molecule has 0 aromatic heterocycles. The van der Waals surface area contributed by atoms with E-state index in [4.69, 9.17) is 23.2 Å². The van der Waals surface area contributed by atoms with E-state index >= 15 is 0 Å². The smallest absolute Gasteiger partial charge is 0.178 e. The normalized spacial score (nSPS) is 56.3. The minimum absolute atomic E-state index is 0.0526. The number of rotatable bonds is 0. The Morgan fingerprint density at radius 2 is 1.92 bits per heavy atom. The molecule has 0 radical (unpaired) electrons. The van der Waals surface area contributed by atoms with Crippen molar-refractivity contribution in [2.75, 3.05) is 0 Å². The van der Waals surface area contributed by atoms with Gasteiger partial charge in [-0.1, -0.05) is 25.5 Å². The molecular formula is C20H26Cl2O2. The van der Waals surface area contributed by atoms with E-state index in [0.29, 0.717) is 5.92 Å². The molecule has 0 heterocycles. The fourth-order valence-electron chi connectivity index (χ4n) is 6.37. The molecule has 3 saturated carbocycles. The lowest BCUT2D eigenvalue weighted by atomic mass is 9.46. The molecule has 0 aromatic carbocycles. The summed E-state index contributed by atoms with van der Waals surface area (Å²) in [4.78, 5) is 11.3. The summed E-state index contributed by atoms with van der Waals surface area (Å²) < 4.78 is 0. The maximum atomic E-state index is 11.9. The second-order valence-corrected chi connectivity index (χ2v) is 10.2. The van der Waals surface area contributed by atoms with E-state index < -0.39 is 10.5 Å². The molecular weight excluding hydrogens is 343 g/mol. The first-order valence-electron chi connectivity index (χ1n) is 9.06. The zero-order valence-electron chi connectivity index (χ0n) is 14.6. The molecule has 4 aliphatic rings. The maximum absolute atomic E-state index is 11.9. The lowest BCUT2D eigenvalue weighted by Crippen LogP contribution is -2.66. The average Bonchev–Trinajstić information content (AvgIpc) is 2.72. The predicted molar refractivity (Wildman–Crippen MR) is 97.4 cm³/mol. The van der Waals surface area contributed by atoms with Crippen LogP contribution in [0.15, 0.2) is 23.8 Å². The number of halogens is 2. The number of ketones is 1. The molecule has 2 nitrogen and oxygen atoms in total. The fourth-order valence-corrected chi connectivity index (χ4v) is 7.60. The topological polar surface area (TPSA) is 37.3 Å². The summed E-state index contributed by atoms with van der Waals surface area (Å²) in [6.07, 6.45) is 9.79. The Bertz CT molecular complexity index is 667. The number of carbonyl (C=O) groups excluding carboxylic acids is 1. The SMILES string of the molecule is C[C@]1(O)CC[C@H]2[C@@H]3CCC4=CC(=O)C=C[C@]4(C)[C@@]3(Cl)[C@@H](Cl)C[C@@]21C. The first kappa shape index (κ1) is 17.1. The predicted octanol–water partition coefficient (Wildman–Crippen LogP) is 4.62. The highest BCUT2D eigenvalue weighted by molar-refractivity contribution is 6.34. The number of hydrogen-bond donors (Lipinski definition) is 1. The Morgan fingerprint density at radius 3 is 2.62 bits per heavy atom. The zero-order chi connectivity index (χ0) is 17.5. The van der Waals surface area contributed by atoms with Crippen LogP contribution in [-0.2, 0) is 4.79 Å². The van der Waals surface area contributed by atoms with Crippen LogP contribution in [0.3, 0.4) is 0 Å². The molecule has 1 N–H and O–H groups in total. The fraction of sp³-hybridized carbons (Fsp3) is 0.750. The molecule has 0 saturated heterocycles. The monoisotopic (exact) mass is 368 g/mol. The molecule has 4 aliphatic carbocycles. The van der Waals surface area contributed by atoms with Crippen molar-refractivity contribution < 1.29 is 9.90 Å². The highest BCUT2D eigenvalue weighted by Crippen LogP contribution is 2.71. The largest absolute Gasteiger partial charge is 0.390 e. The molecule has 0 bridgehead atoms. The van der Waals surface area contributed by atoms with E-state index in [1.165, 1.54) is 0 Å². The van der Waals surface area contributed by atoms with E-state index in [1.807, 2.05) is 13.0 Å². The first-order valence-corrected chi connectivity index (χ1v) is 9.87. The molecule has 4 heteroatoms. The maximum Gasteiger partial charge on any atom is 0.178 e. The van der Waals surface area contributed by atoms with Crippen molar-refractivity contribution in [2.45, 2.75) is 68.7 Å². The molecule has 7 atom stereocenters. The van der Waals surface area contributed by atoms with E-state index in [0.717, 1.165) is 37.7 Å². The quantitative estimate of drug-likeness (QED) is 0.633. The van der Waals surface area contributed by atoms with Gasteiger partial charge in [0.05, 0.1) is 15.9 Å². The van der Waals surface area contributed by atoms with Crippen LogP contribution >= 0.6 is 23.2 Å². The molecule has 132 valence electrons. The van der Waals surface area contributed by atoms with E-state index in [9.17, 15) is 9.90 Å². The lowest BCUT2D eigenvalue weighted by Gasteiger charge is -2.63. The van der Waals surface area contributed by atoms with Crippen molar-refractivity contribution in [1.82, 2.24) is 0 Å². The van der Waals surface area contributed by atoms with E-state index in [2.05, 4.69) is 13.8 Å². The Labute approximate surface area is 154 Å². The van der Waals surface area contributed by atoms with Gasteiger partial charge in [-0.3, -0.25) is 4.79 Å². The summed E-state index contributed by atoms with van der Waals surface area (Å²) in [5, 5.41) is 10.8. The van der Waals surface area contributed by atoms with E-state index in [-0.39, 0.29) is 27.9 Å². The van der Waals surface area contributed by atoms with Gasteiger partial charge in [-0.25, -0.2) is 0 Å². The first-order chi connectivity index (χ1) is 11.1. The van der Waals surface area contributed by atoms with Gasteiger partial charge in [0.1, 0.15) is 0 Å². The Morgan fingerprint density at radius 1 is 1.21 bits per heavy atom. The average molecular weight is 369 g/mol. The van der Waals surface area contributed by atoms with Crippen LogP contribution in [0.5, 0.6) is 0 Å². The van der Waals surface area contributed by atoms with Gasteiger partial charge in [-0.2, -0.15) is 0 Å². The molecule has 0 aromatic rings. The standard InChI is InChI=1S/C20H26Cl2O2/c1-17-8-6-13(23)10-12(17)4-5-15-14-7-9-19(3,24)18(14,2)11-16(21)20(15,17)22/h6,8,10,14-16,24H,4-5,7,9,11H2,1-3H3/t14-,15-,16-,17-,18-,19-,20-/m0/s1. The van der Waals surface area contributed by atoms with Crippen LogP contribution in [0.2, 0.25) is 0 Å². The van der Waals surface area contributed by atoms with Crippen LogP contribution in [0.1, 0.15) is 52.9 Å². The van der Waals surface area contributed by atoms with Crippen LogP contribution < -0.4 is 0 Å². The summed E-state index contributed by atoms with van der Waals surface area (Å²) in [5.74, 6) is 0.690. The van der Waals surface area contributed by atoms with Gasteiger partial charge in [-0.15, -0.1) is 23.2 Å². The van der Waals surface area contributed by atoms with Gasteiger partial charge >= 0.3 is 0 Å². The minimum Gasteiger partial charge on any atom is -0.390 e. The number of allylic oxidation sites excluding steroid dienone is 4. The van der Waals surface area contributed by atoms with Crippen molar-refractivity contribution in [3.8, 4) is 0 Å². The third-order valence-electron chi connectivity index (χ3n) is 8.16. The summed E-state index contributed by atoms with van der Waals surface area (Å²) in [7, 11) is 0. The summed E-state index contributed by atoms with van der Waals surface area (Å²) in [5.41, 5.74) is -0.125. The van der Waals surface area contributed by atoms with Crippen molar-refractivity contribution in [3.05, 3.63) is 23.8 Å². The number of hydrogen-bond acceptors (Lipinski definition) is 2.